The highest BCUT2D eigenvalue weighted by molar-refractivity contribution is 8.93. The first kappa shape index (κ1) is 110. The molecule has 6 aliphatic carbocycles. The molecule has 0 radical (unpaired) electrons. The van der Waals surface area contributed by atoms with E-state index in [1.54, 1.807) is 13.3 Å². The largest absolute Gasteiger partial charge is 0.497 e. The SMILES string of the molecule is Br.CCCC.CCCN(C(=O)CC1(C)CCOCC1)C1CC1.CCCN(C(=O)N(C)CC12COCC1C2)C1CC1.CCCN(C(=O)N(C)CC1CCOCC1)C1CC1.CCCN(C(=O)N(C)CC1CCOCC1)C1CC1.CCCN(C(=O)N(CC)CC1CCOCC1)C1CC1.CCOc1ccc(C)cc1.COc1ccc(C)cc1.Cc1ccc(Cl)cn1.Cl. The van der Waals surface area contributed by atoms with Gasteiger partial charge in [0.2, 0.25) is 5.91 Å². The second-order valence-electron chi connectivity index (χ2n) is 36.2. The molecule has 14 rings (SSSR count). The molecule has 704 valence electrons. The van der Waals surface area contributed by atoms with Crippen molar-refractivity contribution >= 4 is 71.0 Å². The van der Waals surface area contributed by atoms with E-state index in [1.165, 1.54) is 94.6 Å². The predicted molar refractivity (Wildman–Crippen MR) is 509 cm³/mol. The number of benzene rings is 2. The first-order chi connectivity index (χ1) is 58.4. The fourth-order valence-electron chi connectivity index (χ4n) is 16.1. The molecular weight excluding hydrogens is 1660 g/mol. The number of aromatic nitrogens is 1. The molecule has 2 atom stereocenters. The van der Waals surface area contributed by atoms with Crippen molar-refractivity contribution in [2.45, 2.75) is 294 Å². The van der Waals surface area contributed by atoms with Crippen LogP contribution >= 0.6 is 41.0 Å². The maximum Gasteiger partial charge on any atom is 0.320 e. The Morgan fingerprint density at radius 2 is 0.821 bits per heavy atom. The number of unbranched alkanes of at least 4 members (excludes halogenated alkanes) is 1. The number of halogens is 3. The van der Waals surface area contributed by atoms with Crippen LogP contribution in [0, 0.1) is 55.3 Å². The second-order valence-corrected chi connectivity index (χ2v) is 36.7. The molecule has 5 aliphatic heterocycles. The van der Waals surface area contributed by atoms with Gasteiger partial charge in [0.15, 0.2) is 0 Å². The number of rotatable bonds is 30. The Balaban J connectivity index is 0.000000297. The van der Waals surface area contributed by atoms with Crippen molar-refractivity contribution in [2.24, 2.45) is 34.5 Å². The third kappa shape index (κ3) is 42.2. The van der Waals surface area contributed by atoms with Crippen LogP contribution in [0.15, 0.2) is 66.9 Å². The fraction of sp³-hybridized carbons (Fsp3) is 0.776. The number of carbonyl (C=O) groups excluding carboxylic acids is 5. The minimum atomic E-state index is 0. The van der Waals surface area contributed by atoms with E-state index in [4.69, 9.17) is 44.8 Å². The van der Waals surface area contributed by atoms with Crippen molar-refractivity contribution in [3.8, 4) is 11.5 Å². The molecule has 3 aromatic rings. The molecule has 2 unspecified atom stereocenters. The molecule has 9 amide bonds. The molecular formula is C98H169BrCl2N10O12. The zero-order valence-electron chi connectivity index (χ0n) is 79.6. The van der Waals surface area contributed by atoms with Crippen LogP contribution < -0.4 is 9.47 Å². The Labute approximate surface area is 767 Å². The van der Waals surface area contributed by atoms with Crippen molar-refractivity contribution in [1.29, 1.82) is 0 Å². The summed E-state index contributed by atoms with van der Waals surface area (Å²) in [5.41, 5.74) is 4.01. The van der Waals surface area contributed by atoms with Crippen molar-refractivity contribution in [2.75, 3.05) is 166 Å². The summed E-state index contributed by atoms with van der Waals surface area (Å²) < 4.78 is 37.2. The van der Waals surface area contributed by atoms with Gasteiger partial charge in [-0.15, -0.1) is 29.4 Å². The number of carbonyl (C=O) groups is 5. The lowest BCUT2D eigenvalue weighted by Gasteiger charge is -2.35. The normalized spacial score (nSPS) is 19.6. The van der Waals surface area contributed by atoms with E-state index in [2.05, 4.69) is 106 Å². The van der Waals surface area contributed by atoms with Gasteiger partial charge in [-0.3, -0.25) is 9.78 Å². The minimum absolute atomic E-state index is 0. The second kappa shape index (κ2) is 60.4. The highest BCUT2D eigenvalue weighted by atomic mass is 79.9. The molecule has 25 heteroatoms. The van der Waals surface area contributed by atoms with Crippen LogP contribution in [0.4, 0.5) is 19.2 Å². The van der Waals surface area contributed by atoms with Gasteiger partial charge in [0, 0.05) is 193 Å². The summed E-state index contributed by atoms with van der Waals surface area (Å²) in [6.45, 7) is 45.7. The highest BCUT2D eigenvalue weighted by Crippen LogP contribution is 2.57. The number of pyridine rings is 1. The Bertz CT molecular complexity index is 3240. The number of methoxy groups -OCH3 is 1. The number of aryl methyl sites for hydroxylation is 3. The first-order valence-corrected chi connectivity index (χ1v) is 47.9. The molecule has 0 bridgehead atoms. The third-order valence-electron chi connectivity index (χ3n) is 24.6. The quantitative estimate of drug-likeness (QED) is 0.0613. The number of amides is 9. The standard InChI is InChI=1S/C15H28N2O2.C14H24N2O2.2C14H26N2O2.C14H25NO2.C9H12O.C8H10O.C6H6ClN.C4H10.BrH.ClH/c1-3-9-17(14-5-6-14)15(18)16(4-2)12-13-7-10-19-11-8-13;1-3-6-16(12-4-5-12)13(17)15(2)9-14-7-11(14)8-18-10-14;2*1-3-8-16(13-4-5-13)14(17)15(2)11-12-6-9-18-10-7-12;1-3-8-15(12-4-5-12)13(16)11-14(2)6-9-17-10-7-14;1-3-10-9-6-4-8(2)5-7-9;1-7-3-5-8(9-2)6-4-7;1-5-2-3-6(7)4-8-5;1-3-4-2;;/h13-14H,3-12H2,1-2H3;11-12H,3-10H2,1-2H3;2*12-13H,3-11H2,1-2H3;12H,3-11H2,1-2H3;4-7H,3H2,1-2H3;3-6H,1-2H3;2-4H,1H3;3-4H2,1-2H3;2*1H. The van der Waals surface area contributed by atoms with Crippen LogP contribution in [0.25, 0.3) is 0 Å². The van der Waals surface area contributed by atoms with Gasteiger partial charge in [-0.2, -0.15) is 0 Å². The lowest BCUT2D eigenvalue weighted by molar-refractivity contribution is -0.135. The van der Waals surface area contributed by atoms with Gasteiger partial charge in [0.1, 0.15) is 11.5 Å². The highest BCUT2D eigenvalue weighted by Gasteiger charge is 2.59. The van der Waals surface area contributed by atoms with Crippen LogP contribution in [0.2, 0.25) is 5.02 Å². The van der Waals surface area contributed by atoms with E-state index in [-0.39, 0.29) is 58.9 Å². The van der Waals surface area contributed by atoms with E-state index in [0.717, 1.165) is 239 Å². The third-order valence-corrected chi connectivity index (χ3v) is 24.8. The summed E-state index contributed by atoms with van der Waals surface area (Å²) in [6, 6.07) is 23.3. The first-order valence-electron chi connectivity index (χ1n) is 47.5. The summed E-state index contributed by atoms with van der Waals surface area (Å²) in [4.78, 5) is 84.5. The van der Waals surface area contributed by atoms with Crippen LogP contribution in [-0.4, -0.2) is 276 Å². The smallest absolute Gasteiger partial charge is 0.320 e. The van der Waals surface area contributed by atoms with Crippen LogP contribution in [0.3, 0.4) is 0 Å². The lowest BCUT2D eigenvalue weighted by Crippen LogP contribution is -2.46. The van der Waals surface area contributed by atoms with Crippen LogP contribution in [0.1, 0.15) is 259 Å². The number of fused-ring (bicyclic) bond motifs is 1. The van der Waals surface area contributed by atoms with E-state index in [0.29, 0.717) is 76.6 Å². The van der Waals surface area contributed by atoms with E-state index >= 15 is 0 Å². The summed E-state index contributed by atoms with van der Waals surface area (Å²) in [7, 11) is 7.52. The van der Waals surface area contributed by atoms with Gasteiger partial charge in [-0.05, 0) is 254 Å². The zero-order valence-corrected chi connectivity index (χ0v) is 82.8. The van der Waals surface area contributed by atoms with Crippen molar-refractivity contribution < 1.29 is 57.1 Å². The molecule has 2 aromatic carbocycles. The summed E-state index contributed by atoms with van der Waals surface area (Å²) in [6.07, 6.45) is 32.1. The van der Waals surface area contributed by atoms with Crippen molar-refractivity contribution in [3.05, 3.63) is 88.7 Å². The van der Waals surface area contributed by atoms with Crippen LogP contribution in [-0.2, 0) is 28.5 Å². The van der Waals surface area contributed by atoms with Gasteiger partial charge in [0.25, 0.3) is 0 Å². The van der Waals surface area contributed by atoms with Crippen molar-refractivity contribution in [1.82, 2.24) is 49.1 Å². The van der Waals surface area contributed by atoms with E-state index in [9.17, 15) is 24.0 Å². The minimum Gasteiger partial charge on any atom is -0.497 e. The number of ether oxygens (including phenoxy) is 7. The Kier molecular flexibility index (Phi) is 54.0. The molecule has 123 heavy (non-hydrogen) atoms. The topological polar surface area (TPSA) is 192 Å². The lowest BCUT2D eigenvalue weighted by atomic mass is 9.79. The average molecular weight is 1830 g/mol. The Morgan fingerprint density at radius 1 is 0.455 bits per heavy atom. The van der Waals surface area contributed by atoms with Gasteiger partial charge >= 0.3 is 24.1 Å². The number of urea groups is 4. The monoisotopic (exact) mass is 1830 g/mol. The van der Waals surface area contributed by atoms with Gasteiger partial charge < -0.3 is 77.3 Å². The van der Waals surface area contributed by atoms with Crippen molar-refractivity contribution in [3.63, 3.8) is 0 Å². The maximum absolute atomic E-state index is 12.6. The Morgan fingerprint density at radius 3 is 1.15 bits per heavy atom. The predicted octanol–water partition coefficient (Wildman–Crippen LogP) is 21.2. The van der Waals surface area contributed by atoms with Crippen LogP contribution in [0.5, 0.6) is 11.5 Å². The van der Waals surface area contributed by atoms with Gasteiger partial charge in [-0.25, -0.2) is 19.2 Å². The number of hydrogen-bond donors (Lipinski definition) is 0. The Hall–Kier alpha value is -5.40. The molecule has 6 saturated carbocycles. The zero-order chi connectivity index (χ0) is 88.1. The molecule has 0 spiro atoms. The molecule has 5 saturated heterocycles. The summed E-state index contributed by atoms with van der Waals surface area (Å²) in [5.74, 6) is 4.83. The molecule has 1 aromatic heterocycles. The summed E-state index contributed by atoms with van der Waals surface area (Å²) in [5, 5.41) is 0.690. The average Bonchev–Trinajstić information content (AvgIpc) is 1.57. The van der Waals surface area contributed by atoms with Gasteiger partial charge in [-0.1, -0.05) is 115 Å². The molecule has 0 N–H and O–H groups in total. The molecule has 11 aliphatic rings. The number of nitrogens with zero attached hydrogens (tertiary/aromatic N) is 10. The maximum atomic E-state index is 12.6. The van der Waals surface area contributed by atoms with E-state index in [1.807, 2.05) is 115 Å². The number of hydrogen-bond acceptors (Lipinski definition) is 13. The van der Waals surface area contributed by atoms with Gasteiger partial charge in [0.05, 0.1) is 32.0 Å². The summed E-state index contributed by atoms with van der Waals surface area (Å²) >= 11 is 5.55. The fourth-order valence-corrected chi connectivity index (χ4v) is 16.2. The molecule has 22 nitrogen and oxygen atoms in total. The molecule has 11 fully saturated rings. The molecule has 6 heterocycles. The van der Waals surface area contributed by atoms with E-state index < -0.39 is 0 Å².